The number of carboxylic acids is 1. The maximum Gasteiger partial charge on any atom is 0.472 e. The number of phosphoric ester groups is 1. The predicted molar refractivity (Wildman–Crippen MR) is 244 cm³/mol. The summed E-state index contributed by atoms with van der Waals surface area (Å²) in [4.78, 5) is 46.0. The van der Waals surface area contributed by atoms with Gasteiger partial charge in [-0.25, -0.2) is 4.57 Å². The van der Waals surface area contributed by atoms with E-state index in [9.17, 15) is 23.8 Å². The molecule has 0 radical (unpaired) electrons. The Morgan fingerprint density at radius 2 is 0.967 bits per heavy atom. The molecular formula is C48H80NO10P. The van der Waals surface area contributed by atoms with Crippen LogP contribution in [0.4, 0.5) is 0 Å². The molecule has 0 amide bonds. The molecule has 0 aliphatic rings. The number of carbonyl (C=O) groups is 3. The SMILES string of the molecule is CC/C=C/C=C/C=C/C=C/CCCCCC(=O)OC(COC(=O)CCCCCCCCCCCCCCC/C=C/C/C=C/C/C=C/CC)COP(=O)(O)OC[C@H](N)C(=O)O. The van der Waals surface area contributed by atoms with Crippen molar-refractivity contribution in [1.29, 1.82) is 0 Å². The number of hydrogen-bond donors (Lipinski definition) is 3. The summed E-state index contributed by atoms with van der Waals surface area (Å²) in [7, 11) is -4.73. The van der Waals surface area contributed by atoms with E-state index in [0.29, 0.717) is 12.8 Å². The number of ether oxygens (including phenoxy) is 2. The van der Waals surface area contributed by atoms with Gasteiger partial charge in [0, 0.05) is 12.8 Å². The molecule has 4 N–H and O–H groups in total. The first kappa shape index (κ1) is 56.7. The molecule has 0 aliphatic carbocycles. The minimum Gasteiger partial charge on any atom is -0.480 e. The number of unbranched alkanes of at least 4 members (excludes halogenated alkanes) is 16. The van der Waals surface area contributed by atoms with Crippen LogP contribution >= 0.6 is 7.82 Å². The molecule has 0 aromatic heterocycles. The van der Waals surface area contributed by atoms with E-state index in [1.165, 1.54) is 64.2 Å². The lowest BCUT2D eigenvalue weighted by atomic mass is 10.0. The highest BCUT2D eigenvalue weighted by atomic mass is 31.2. The van der Waals surface area contributed by atoms with E-state index in [-0.39, 0.29) is 19.4 Å². The van der Waals surface area contributed by atoms with Gasteiger partial charge in [0.1, 0.15) is 12.6 Å². The molecule has 2 unspecified atom stereocenters. The van der Waals surface area contributed by atoms with Gasteiger partial charge in [0.05, 0.1) is 13.2 Å². The summed E-state index contributed by atoms with van der Waals surface area (Å²) >= 11 is 0. The Morgan fingerprint density at radius 1 is 0.533 bits per heavy atom. The van der Waals surface area contributed by atoms with Crippen molar-refractivity contribution in [2.24, 2.45) is 5.73 Å². The largest absolute Gasteiger partial charge is 0.480 e. The zero-order chi connectivity index (χ0) is 44.2. The highest BCUT2D eigenvalue weighted by Gasteiger charge is 2.28. The Labute approximate surface area is 362 Å². The van der Waals surface area contributed by atoms with E-state index in [1.807, 2.05) is 36.5 Å². The molecule has 0 aliphatic heterocycles. The second-order valence-electron chi connectivity index (χ2n) is 14.9. The molecule has 342 valence electrons. The number of rotatable bonds is 41. The average molecular weight is 862 g/mol. The number of carbonyl (C=O) groups excluding carboxylic acids is 2. The first-order valence-corrected chi connectivity index (χ1v) is 24.2. The highest BCUT2D eigenvalue weighted by molar-refractivity contribution is 7.47. The van der Waals surface area contributed by atoms with E-state index in [4.69, 9.17) is 24.8 Å². The molecule has 0 saturated heterocycles. The van der Waals surface area contributed by atoms with Crippen LogP contribution in [0.2, 0.25) is 0 Å². The fourth-order valence-electron chi connectivity index (χ4n) is 5.74. The van der Waals surface area contributed by atoms with Crippen molar-refractivity contribution >= 4 is 25.7 Å². The number of hydrogen-bond acceptors (Lipinski definition) is 9. The molecule has 0 bridgehead atoms. The van der Waals surface area contributed by atoms with Crippen molar-refractivity contribution in [1.82, 2.24) is 0 Å². The summed E-state index contributed by atoms with van der Waals surface area (Å²) in [6, 6.07) is -1.53. The molecule has 0 fully saturated rings. The number of allylic oxidation sites excluding steroid dienone is 14. The van der Waals surface area contributed by atoms with Gasteiger partial charge in [-0.1, -0.05) is 176 Å². The van der Waals surface area contributed by atoms with Crippen molar-refractivity contribution in [3.05, 3.63) is 85.1 Å². The van der Waals surface area contributed by atoms with Gasteiger partial charge in [0.25, 0.3) is 0 Å². The zero-order valence-electron chi connectivity index (χ0n) is 37.0. The van der Waals surface area contributed by atoms with Crippen molar-refractivity contribution < 1.29 is 47.5 Å². The molecule has 0 aromatic carbocycles. The summed E-state index contributed by atoms with van der Waals surface area (Å²) in [6.07, 6.45) is 52.3. The fraction of sp³-hybridized carbons (Fsp3) is 0.646. The molecule has 60 heavy (non-hydrogen) atoms. The Bertz CT molecular complexity index is 1340. The minimum absolute atomic E-state index is 0.111. The molecular weight excluding hydrogens is 781 g/mol. The topological polar surface area (TPSA) is 172 Å². The van der Waals surface area contributed by atoms with Gasteiger partial charge in [-0.15, -0.1) is 0 Å². The van der Waals surface area contributed by atoms with Gasteiger partial charge in [-0.2, -0.15) is 0 Å². The Kier molecular flexibility index (Phi) is 40.0. The fourth-order valence-corrected chi connectivity index (χ4v) is 6.51. The minimum atomic E-state index is -4.73. The lowest BCUT2D eigenvalue weighted by Crippen LogP contribution is -2.34. The van der Waals surface area contributed by atoms with Crippen LogP contribution < -0.4 is 5.73 Å². The third-order valence-corrected chi connectivity index (χ3v) is 10.2. The summed E-state index contributed by atoms with van der Waals surface area (Å²) in [5.41, 5.74) is 5.33. The Hall–Kier alpha value is -3.34. The number of carboxylic acid groups (broad SMARTS) is 1. The van der Waals surface area contributed by atoms with Crippen LogP contribution in [-0.4, -0.2) is 59.9 Å². The molecule has 0 aromatic rings. The van der Waals surface area contributed by atoms with Crippen LogP contribution in [0.25, 0.3) is 0 Å². The van der Waals surface area contributed by atoms with Crippen LogP contribution in [0.15, 0.2) is 85.1 Å². The van der Waals surface area contributed by atoms with E-state index in [2.05, 4.69) is 67.0 Å². The quantitative estimate of drug-likeness (QED) is 0.0176. The average Bonchev–Trinajstić information content (AvgIpc) is 3.22. The van der Waals surface area contributed by atoms with Gasteiger partial charge in [0.15, 0.2) is 6.10 Å². The third kappa shape index (κ3) is 41.4. The number of nitrogens with two attached hydrogens (primary N) is 1. The first-order valence-electron chi connectivity index (χ1n) is 22.7. The normalized spacial score (nSPS) is 14.5. The van der Waals surface area contributed by atoms with Gasteiger partial charge in [0.2, 0.25) is 0 Å². The molecule has 11 nitrogen and oxygen atoms in total. The van der Waals surface area contributed by atoms with Crippen LogP contribution in [-0.2, 0) is 37.5 Å². The highest BCUT2D eigenvalue weighted by Crippen LogP contribution is 2.43. The molecule has 0 heterocycles. The Morgan fingerprint density at radius 3 is 1.53 bits per heavy atom. The second kappa shape index (κ2) is 42.4. The van der Waals surface area contributed by atoms with Crippen LogP contribution in [0.5, 0.6) is 0 Å². The summed E-state index contributed by atoms with van der Waals surface area (Å²) in [6.45, 7) is 2.50. The maximum atomic E-state index is 12.6. The molecule has 3 atom stereocenters. The van der Waals surface area contributed by atoms with Crippen molar-refractivity contribution in [2.75, 3.05) is 19.8 Å². The number of aliphatic carboxylic acids is 1. The molecule has 0 spiro atoms. The lowest BCUT2D eigenvalue weighted by molar-refractivity contribution is -0.161. The number of esters is 2. The van der Waals surface area contributed by atoms with E-state index in [1.54, 1.807) is 0 Å². The van der Waals surface area contributed by atoms with Crippen molar-refractivity contribution in [3.63, 3.8) is 0 Å². The van der Waals surface area contributed by atoms with E-state index < -0.39 is 51.1 Å². The van der Waals surface area contributed by atoms with Crippen LogP contribution in [0.1, 0.15) is 168 Å². The predicted octanol–water partition coefficient (Wildman–Crippen LogP) is 12.3. The van der Waals surface area contributed by atoms with Gasteiger partial charge in [-0.05, 0) is 64.2 Å². The maximum absolute atomic E-state index is 12.6. The first-order chi connectivity index (χ1) is 29.1. The second-order valence-corrected chi connectivity index (χ2v) is 16.3. The summed E-state index contributed by atoms with van der Waals surface area (Å²) < 4.78 is 32.7. The molecule has 0 rings (SSSR count). The van der Waals surface area contributed by atoms with Crippen LogP contribution in [0, 0.1) is 0 Å². The molecule has 12 heteroatoms. The van der Waals surface area contributed by atoms with Crippen molar-refractivity contribution in [3.8, 4) is 0 Å². The monoisotopic (exact) mass is 862 g/mol. The Balaban J connectivity index is 4.28. The van der Waals surface area contributed by atoms with Crippen molar-refractivity contribution in [2.45, 2.75) is 180 Å². The third-order valence-electron chi connectivity index (χ3n) is 9.23. The zero-order valence-corrected chi connectivity index (χ0v) is 37.9. The van der Waals surface area contributed by atoms with Gasteiger partial charge < -0.3 is 25.2 Å². The van der Waals surface area contributed by atoms with Gasteiger partial charge >= 0.3 is 25.7 Å². The van der Waals surface area contributed by atoms with Gasteiger partial charge in [-0.3, -0.25) is 23.4 Å². The number of phosphoric acid groups is 1. The van der Waals surface area contributed by atoms with Crippen LogP contribution in [0.3, 0.4) is 0 Å². The lowest BCUT2D eigenvalue weighted by Gasteiger charge is -2.20. The van der Waals surface area contributed by atoms with E-state index >= 15 is 0 Å². The standard InChI is InChI=1S/C48H80NO10P/c1-3-5-7-9-11-13-15-17-18-19-20-21-22-23-24-25-26-28-29-31-33-35-37-39-46(50)56-41-44(42-57-60(54,55)58-43-45(49)48(52)53)59-47(51)40-38-36-34-32-30-27-16-14-12-10-8-6-4-2/h5-8,10-14,16-18,27,30,44-45H,3-4,9,15,19-26,28-29,31-43,49H2,1-2H3,(H,52,53)(H,54,55)/b7-5+,8-6+,12-10+,13-11+,16-14+,18-17+,30-27+/t44?,45-/m0/s1. The van der Waals surface area contributed by atoms with E-state index in [0.717, 1.165) is 64.2 Å². The smallest absolute Gasteiger partial charge is 0.472 e. The summed E-state index contributed by atoms with van der Waals surface area (Å²) in [5, 5.41) is 8.89. The summed E-state index contributed by atoms with van der Waals surface area (Å²) in [5.74, 6) is -2.44. The molecule has 0 saturated carbocycles.